The number of anilines is 1. The molecule has 1 unspecified atom stereocenters. The van der Waals surface area contributed by atoms with E-state index in [2.05, 4.69) is 36.4 Å². The fraction of sp³-hybridized carbons (Fsp3) is 0.407. The first-order chi connectivity index (χ1) is 16.7. The fourth-order valence-electron chi connectivity index (χ4n) is 4.33. The quantitative estimate of drug-likeness (QED) is 0.370. The summed E-state index contributed by atoms with van der Waals surface area (Å²) in [5, 5.41) is 8.02. The van der Waals surface area contributed by atoms with Crippen molar-refractivity contribution in [1.82, 2.24) is 10.3 Å². The van der Waals surface area contributed by atoms with Gasteiger partial charge in [0.2, 0.25) is 12.7 Å². The minimum absolute atomic E-state index is 0.0350. The second kappa shape index (κ2) is 9.45. The molecule has 6 nitrogen and oxygen atoms in total. The Balaban J connectivity index is 1.33. The van der Waals surface area contributed by atoms with E-state index in [4.69, 9.17) is 21.1 Å². The van der Waals surface area contributed by atoms with Crippen LogP contribution in [0.25, 0.3) is 0 Å². The summed E-state index contributed by atoms with van der Waals surface area (Å²) in [6.07, 6.45) is 4.45. The van der Waals surface area contributed by atoms with Crippen LogP contribution in [0.15, 0.2) is 48.7 Å². The summed E-state index contributed by atoms with van der Waals surface area (Å²) in [6, 6.07) is 13.5. The maximum Gasteiger partial charge on any atom is 0.236 e. The Morgan fingerprint density at radius 2 is 1.94 bits per heavy atom. The molecule has 2 heterocycles. The standard InChI is InChI=1S/C27H30ClN3O3S/c1-26(2,3)12-13-29-23(18-6-4-5-7-19(18)28)22-15-30-25(35-22)31-24(32)27(10-11-27)17-8-9-20-21(14-17)34-16-33-20/h4-9,14-15,23,29H,10-13,16H2,1-3H3,(H,30,31,32). The summed E-state index contributed by atoms with van der Waals surface area (Å²) in [6.45, 7) is 7.75. The normalized spacial score (nSPS) is 16.7. The zero-order valence-electron chi connectivity index (χ0n) is 20.2. The van der Waals surface area contributed by atoms with Crippen molar-refractivity contribution in [3.63, 3.8) is 0 Å². The molecule has 1 atom stereocenters. The lowest BCUT2D eigenvalue weighted by Gasteiger charge is -2.23. The SMILES string of the molecule is CC(C)(C)CCNC(c1cnc(NC(=O)C2(c3ccc4c(c3)OCO4)CC2)s1)c1ccccc1Cl. The van der Waals surface area contributed by atoms with Gasteiger partial charge in [0.25, 0.3) is 0 Å². The minimum atomic E-state index is -0.542. The number of carbonyl (C=O) groups excluding carboxylic acids is 1. The molecule has 5 rings (SSSR count). The second-order valence-corrected chi connectivity index (χ2v) is 11.9. The maximum atomic E-state index is 13.3. The van der Waals surface area contributed by atoms with Crippen molar-refractivity contribution in [2.24, 2.45) is 5.41 Å². The smallest absolute Gasteiger partial charge is 0.236 e. The zero-order valence-corrected chi connectivity index (χ0v) is 21.8. The van der Waals surface area contributed by atoms with Crippen molar-refractivity contribution in [2.45, 2.75) is 51.5 Å². The Bertz CT molecular complexity index is 1230. The number of hydrogen-bond acceptors (Lipinski definition) is 6. The van der Waals surface area contributed by atoms with Crippen LogP contribution in [0.1, 0.15) is 62.1 Å². The summed E-state index contributed by atoms with van der Waals surface area (Å²) in [5.41, 5.74) is 1.63. The molecule has 1 fully saturated rings. The average Bonchev–Trinajstić information content (AvgIpc) is 3.27. The minimum Gasteiger partial charge on any atom is -0.454 e. The van der Waals surface area contributed by atoms with Crippen LogP contribution < -0.4 is 20.1 Å². The number of thiazole rings is 1. The highest BCUT2D eigenvalue weighted by atomic mass is 35.5. The number of amides is 1. The Morgan fingerprint density at radius 3 is 2.69 bits per heavy atom. The van der Waals surface area contributed by atoms with Gasteiger partial charge in [-0.3, -0.25) is 4.79 Å². The molecule has 0 saturated heterocycles. The number of ether oxygens (including phenoxy) is 2. The number of aromatic nitrogens is 1. The molecule has 1 amide bonds. The molecule has 0 spiro atoms. The molecule has 2 aromatic carbocycles. The summed E-state index contributed by atoms with van der Waals surface area (Å²) in [4.78, 5) is 18.9. The zero-order chi connectivity index (χ0) is 24.6. The molecule has 0 bridgehead atoms. The van der Waals surface area contributed by atoms with E-state index in [1.54, 1.807) is 0 Å². The van der Waals surface area contributed by atoms with Gasteiger partial charge in [-0.05, 0) is 60.5 Å². The van der Waals surface area contributed by atoms with Gasteiger partial charge in [0, 0.05) is 16.1 Å². The van der Waals surface area contributed by atoms with Crippen LogP contribution in [0.3, 0.4) is 0 Å². The van der Waals surface area contributed by atoms with E-state index in [0.29, 0.717) is 15.9 Å². The molecule has 35 heavy (non-hydrogen) atoms. The van der Waals surface area contributed by atoms with Crippen LogP contribution in [0.2, 0.25) is 5.02 Å². The lowest BCUT2D eigenvalue weighted by Crippen LogP contribution is -2.27. The van der Waals surface area contributed by atoms with E-state index < -0.39 is 5.41 Å². The Kier molecular flexibility index (Phi) is 6.51. The van der Waals surface area contributed by atoms with Gasteiger partial charge in [-0.15, -0.1) is 0 Å². The third-order valence-electron chi connectivity index (χ3n) is 6.58. The Labute approximate surface area is 215 Å². The van der Waals surface area contributed by atoms with Gasteiger partial charge in [0.15, 0.2) is 16.6 Å². The summed E-state index contributed by atoms with van der Waals surface area (Å²) >= 11 is 8.04. The van der Waals surface area contributed by atoms with Gasteiger partial charge in [-0.25, -0.2) is 4.98 Å². The predicted molar refractivity (Wildman–Crippen MR) is 140 cm³/mol. The van der Waals surface area contributed by atoms with Crippen molar-refractivity contribution in [2.75, 3.05) is 18.7 Å². The van der Waals surface area contributed by atoms with E-state index in [0.717, 1.165) is 47.6 Å². The van der Waals surface area contributed by atoms with Crippen LogP contribution in [0.5, 0.6) is 11.5 Å². The molecule has 1 saturated carbocycles. The molecule has 2 N–H and O–H groups in total. The highest BCUT2D eigenvalue weighted by molar-refractivity contribution is 7.15. The summed E-state index contributed by atoms with van der Waals surface area (Å²) in [5.74, 6) is 1.38. The molecule has 3 aromatic rings. The number of halogens is 1. The first-order valence-corrected chi connectivity index (χ1v) is 13.1. The number of rotatable bonds is 8. The number of nitrogens with zero attached hydrogens (tertiary/aromatic N) is 1. The van der Waals surface area contributed by atoms with Crippen LogP contribution in [0.4, 0.5) is 5.13 Å². The lowest BCUT2D eigenvalue weighted by atomic mass is 9.92. The van der Waals surface area contributed by atoms with Gasteiger partial charge in [0.1, 0.15) is 0 Å². The molecular weight excluding hydrogens is 482 g/mol. The van der Waals surface area contributed by atoms with Crippen molar-refractivity contribution < 1.29 is 14.3 Å². The van der Waals surface area contributed by atoms with Gasteiger partial charge >= 0.3 is 0 Å². The first kappa shape index (κ1) is 24.1. The highest BCUT2D eigenvalue weighted by Crippen LogP contribution is 2.51. The Hall–Kier alpha value is -2.61. The molecule has 2 aliphatic rings. The molecule has 184 valence electrons. The van der Waals surface area contributed by atoms with Crippen LogP contribution in [-0.2, 0) is 10.2 Å². The van der Waals surface area contributed by atoms with Gasteiger partial charge in [0.05, 0.1) is 11.5 Å². The summed E-state index contributed by atoms with van der Waals surface area (Å²) < 4.78 is 10.9. The number of benzene rings is 2. The van der Waals surface area contributed by atoms with Crippen LogP contribution in [0, 0.1) is 5.41 Å². The molecule has 8 heteroatoms. The third-order valence-corrected chi connectivity index (χ3v) is 7.90. The number of fused-ring (bicyclic) bond motifs is 1. The van der Waals surface area contributed by atoms with Crippen molar-refractivity contribution in [3.8, 4) is 11.5 Å². The molecule has 1 aromatic heterocycles. The molecular formula is C27H30ClN3O3S. The number of hydrogen-bond donors (Lipinski definition) is 2. The molecule has 1 aliphatic carbocycles. The monoisotopic (exact) mass is 511 g/mol. The van der Waals surface area contributed by atoms with Crippen molar-refractivity contribution in [3.05, 3.63) is 69.7 Å². The van der Waals surface area contributed by atoms with E-state index in [1.807, 2.05) is 48.7 Å². The van der Waals surface area contributed by atoms with Crippen LogP contribution >= 0.6 is 22.9 Å². The largest absolute Gasteiger partial charge is 0.454 e. The lowest BCUT2D eigenvalue weighted by molar-refractivity contribution is -0.118. The van der Waals surface area contributed by atoms with Gasteiger partial charge < -0.3 is 20.1 Å². The number of carbonyl (C=O) groups is 1. The second-order valence-electron chi connectivity index (χ2n) is 10.4. The third kappa shape index (κ3) is 5.17. The summed E-state index contributed by atoms with van der Waals surface area (Å²) in [7, 11) is 0. The Morgan fingerprint density at radius 1 is 1.17 bits per heavy atom. The van der Waals surface area contributed by atoms with E-state index in [1.165, 1.54) is 11.3 Å². The van der Waals surface area contributed by atoms with Gasteiger partial charge in [-0.1, -0.05) is 68.0 Å². The van der Waals surface area contributed by atoms with E-state index in [9.17, 15) is 4.79 Å². The average molecular weight is 512 g/mol. The highest BCUT2D eigenvalue weighted by Gasteiger charge is 2.52. The van der Waals surface area contributed by atoms with E-state index in [-0.39, 0.29) is 24.2 Å². The van der Waals surface area contributed by atoms with Crippen molar-refractivity contribution in [1.29, 1.82) is 0 Å². The predicted octanol–water partition coefficient (Wildman–Crippen LogP) is 6.31. The van der Waals surface area contributed by atoms with E-state index >= 15 is 0 Å². The maximum absolute atomic E-state index is 13.3. The molecule has 1 aliphatic heterocycles. The first-order valence-electron chi connectivity index (χ1n) is 11.9. The number of nitrogens with one attached hydrogen (secondary N) is 2. The van der Waals surface area contributed by atoms with Crippen LogP contribution in [-0.4, -0.2) is 24.2 Å². The topological polar surface area (TPSA) is 72.5 Å². The van der Waals surface area contributed by atoms with Gasteiger partial charge in [-0.2, -0.15) is 0 Å². The van der Waals surface area contributed by atoms with Crippen molar-refractivity contribution >= 4 is 34.0 Å². The fourth-order valence-corrected chi connectivity index (χ4v) is 5.48. The molecule has 0 radical (unpaired) electrons.